The molecule has 2 atom stereocenters. The summed E-state index contributed by atoms with van der Waals surface area (Å²) >= 11 is 19.3. The molecule has 0 amide bonds. The Bertz CT molecular complexity index is 707. The number of halogens is 3. The van der Waals surface area contributed by atoms with Crippen LogP contribution < -0.4 is 15.2 Å². The van der Waals surface area contributed by atoms with Crippen LogP contribution in [0.25, 0.3) is 0 Å². The minimum absolute atomic E-state index is 0.00307. The zero-order chi connectivity index (χ0) is 20.2. The van der Waals surface area contributed by atoms with Gasteiger partial charge < -0.3 is 10.1 Å². The van der Waals surface area contributed by atoms with E-state index in [2.05, 4.69) is 11.9 Å². The molecule has 2 rings (SSSR count). The average Bonchev–Trinajstić information content (AvgIpc) is 2.63. The Morgan fingerprint density at radius 3 is 2.56 bits per heavy atom. The monoisotopic (exact) mass is 452 g/mol. The first-order chi connectivity index (χ1) is 12.7. The van der Waals surface area contributed by atoms with Gasteiger partial charge in [-0.1, -0.05) is 47.5 Å². The van der Waals surface area contributed by atoms with Crippen LogP contribution in [0.4, 0.5) is 0 Å². The first-order valence-electron chi connectivity index (χ1n) is 8.97. The predicted molar refractivity (Wildman–Crippen MR) is 117 cm³/mol. The summed E-state index contributed by atoms with van der Waals surface area (Å²) < 4.78 is 17.4. The van der Waals surface area contributed by atoms with E-state index in [9.17, 15) is 4.21 Å². The molecule has 1 aliphatic rings. The SMILES string of the molecule is C=CCOc1cc(Cl)c(Cl)c(Cl)c1[C@H](CC(C)(C)S(N)=O)C1CCNCC1. The standard InChI is InChI=1S/C19H27Cl3N2O2S/c1-4-9-26-15-10-14(20)17(21)18(22)16(15)13(11-19(2,3)27(23)25)12-5-7-24-8-6-12/h4,10,12-13,24H,1,5-9,11,23H2,2-3H3/t13-,27?/m1/s1. The molecule has 0 aromatic heterocycles. The molecule has 0 aliphatic carbocycles. The summed E-state index contributed by atoms with van der Waals surface area (Å²) in [6.07, 6.45) is 4.23. The second-order valence-electron chi connectivity index (χ2n) is 7.45. The summed E-state index contributed by atoms with van der Waals surface area (Å²) in [7, 11) is -1.48. The molecule has 1 aliphatic heterocycles. The van der Waals surface area contributed by atoms with E-state index in [1.807, 2.05) is 13.8 Å². The lowest BCUT2D eigenvalue weighted by Gasteiger charge is -2.36. The van der Waals surface area contributed by atoms with E-state index >= 15 is 0 Å². The van der Waals surface area contributed by atoms with Crippen LogP contribution in [0.3, 0.4) is 0 Å². The quantitative estimate of drug-likeness (QED) is 0.426. The zero-order valence-electron chi connectivity index (χ0n) is 15.7. The van der Waals surface area contributed by atoms with Crippen molar-refractivity contribution < 1.29 is 8.95 Å². The Balaban J connectivity index is 2.57. The lowest BCUT2D eigenvalue weighted by molar-refractivity contribution is 0.283. The molecule has 0 bridgehead atoms. The smallest absolute Gasteiger partial charge is 0.126 e. The molecule has 0 radical (unpaired) electrons. The number of hydrogen-bond acceptors (Lipinski definition) is 3. The highest BCUT2D eigenvalue weighted by molar-refractivity contribution is 7.84. The number of piperidine rings is 1. The third kappa shape index (κ3) is 5.62. The van der Waals surface area contributed by atoms with E-state index < -0.39 is 15.7 Å². The molecule has 0 saturated carbocycles. The van der Waals surface area contributed by atoms with Gasteiger partial charge in [0, 0.05) is 11.6 Å². The van der Waals surface area contributed by atoms with Gasteiger partial charge in [0.2, 0.25) is 0 Å². The maximum absolute atomic E-state index is 12.1. The van der Waals surface area contributed by atoms with Crippen molar-refractivity contribution in [3.05, 3.63) is 39.4 Å². The lowest BCUT2D eigenvalue weighted by Crippen LogP contribution is -2.38. The summed E-state index contributed by atoms with van der Waals surface area (Å²) in [5, 5.41) is 10.2. The molecule has 1 fully saturated rings. The molecule has 1 aromatic rings. The number of benzene rings is 1. The molecule has 1 aromatic carbocycles. The minimum Gasteiger partial charge on any atom is -0.489 e. The summed E-state index contributed by atoms with van der Waals surface area (Å²) in [5.41, 5.74) is 0.818. The summed E-state index contributed by atoms with van der Waals surface area (Å²) in [6.45, 7) is 9.70. The van der Waals surface area contributed by atoms with Crippen molar-refractivity contribution in [2.45, 2.75) is 43.8 Å². The van der Waals surface area contributed by atoms with Crippen molar-refractivity contribution in [1.82, 2.24) is 5.32 Å². The molecule has 1 saturated heterocycles. The Morgan fingerprint density at radius 1 is 1.37 bits per heavy atom. The molecule has 27 heavy (non-hydrogen) atoms. The Hall–Kier alpha value is -0.300. The molecule has 152 valence electrons. The largest absolute Gasteiger partial charge is 0.489 e. The van der Waals surface area contributed by atoms with Crippen LogP contribution in [0.1, 0.15) is 44.6 Å². The average molecular weight is 454 g/mol. The van der Waals surface area contributed by atoms with Gasteiger partial charge in [0.15, 0.2) is 0 Å². The minimum atomic E-state index is -1.48. The fourth-order valence-electron chi connectivity index (χ4n) is 3.56. The summed E-state index contributed by atoms with van der Waals surface area (Å²) in [6, 6.07) is 1.70. The van der Waals surface area contributed by atoms with Crippen LogP contribution in [-0.2, 0) is 11.0 Å². The summed E-state index contributed by atoms with van der Waals surface area (Å²) in [4.78, 5) is 0. The van der Waals surface area contributed by atoms with Gasteiger partial charge in [-0.05, 0) is 58.0 Å². The van der Waals surface area contributed by atoms with Crippen molar-refractivity contribution in [1.29, 1.82) is 0 Å². The molecule has 4 nitrogen and oxygen atoms in total. The molecule has 0 spiro atoms. The molecule has 1 heterocycles. The van der Waals surface area contributed by atoms with Gasteiger partial charge in [-0.15, -0.1) is 0 Å². The number of nitrogens with two attached hydrogens (primary N) is 1. The molecule has 8 heteroatoms. The van der Waals surface area contributed by atoms with Crippen molar-refractivity contribution in [2.75, 3.05) is 19.7 Å². The van der Waals surface area contributed by atoms with Gasteiger partial charge in [0.1, 0.15) is 12.4 Å². The van der Waals surface area contributed by atoms with Crippen LogP contribution in [0, 0.1) is 5.92 Å². The van der Waals surface area contributed by atoms with Gasteiger partial charge in [-0.3, -0.25) is 5.14 Å². The van der Waals surface area contributed by atoms with Crippen molar-refractivity contribution >= 4 is 45.8 Å². The van der Waals surface area contributed by atoms with Crippen LogP contribution >= 0.6 is 34.8 Å². The highest BCUT2D eigenvalue weighted by Gasteiger charge is 2.37. The van der Waals surface area contributed by atoms with E-state index in [4.69, 9.17) is 44.7 Å². The topological polar surface area (TPSA) is 64.3 Å². The van der Waals surface area contributed by atoms with Gasteiger partial charge in [-0.25, -0.2) is 4.21 Å². The van der Waals surface area contributed by atoms with Crippen LogP contribution in [0.15, 0.2) is 18.7 Å². The molecule has 3 N–H and O–H groups in total. The number of ether oxygens (including phenoxy) is 1. The van der Waals surface area contributed by atoms with E-state index in [0.29, 0.717) is 39.8 Å². The third-order valence-electron chi connectivity index (χ3n) is 5.10. The van der Waals surface area contributed by atoms with Gasteiger partial charge in [0.25, 0.3) is 0 Å². The molecular formula is C19H27Cl3N2O2S. The second kappa shape index (κ2) is 9.95. The maximum atomic E-state index is 12.1. The van der Waals surface area contributed by atoms with E-state index in [-0.39, 0.29) is 5.92 Å². The van der Waals surface area contributed by atoms with Gasteiger partial charge in [0.05, 0.1) is 30.8 Å². The fourth-order valence-corrected chi connectivity index (χ4v) is 4.64. The summed E-state index contributed by atoms with van der Waals surface area (Å²) in [5.74, 6) is 0.933. The van der Waals surface area contributed by atoms with Crippen molar-refractivity contribution in [3.8, 4) is 5.75 Å². The lowest BCUT2D eigenvalue weighted by atomic mass is 9.75. The molecule has 1 unspecified atom stereocenters. The maximum Gasteiger partial charge on any atom is 0.126 e. The number of hydrogen-bond donors (Lipinski definition) is 2. The third-order valence-corrected chi connectivity index (χ3v) is 7.63. The van der Waals surface area contributed by atoms with E-state index in [1.54, 1.807) is 12.1 Å². The first kappa shape index (κ1) is 23.0. The Kier molecular flexibility index (Phi) is 8.47. The Labute approximate surface area is 179 Å². The molecular weight excluding hydrogens is 427 g/mol. The van der Waals surface area contributed by atoms with Gasteiger partial charge in [-0.2, -0.15) is 0 Å². The van der Waals surface area contributed by atoms with E-state index in [0.717, 1.165) is 31.5 Å². The van der Waals surface area contributed by atoms with Crippen molar-refractivity contribution in [2.24, 2.45) is 11.1 Å². The normalized spacial score (nSPS) is 18.1. The fraction of sp³-hybridized carbons (Fsp3) is 0.579. The van der Waals surface area contributed by atoms with E-state index in [1.165, 1.54) is 0 Å². The predicted octanol–water partition coefficient (Wildman–Crippen LogP) is 5.09. The van der Waals surface area contributed by atoms with Crippen molar-refractivity contribution in [3.63, 3.8) is 0 Å². The first-order valence-corrected chi connectivity index (χ1v) is 11.3. The van der Waals surface area contributed by atoms with Crippen LogP contribution in [0.5, 0.6) is 5.75 Å². The van der Waals surface area contributed by atoms with Crippen LogP contribution in [-0.4, -0.2) is 28.7 Å². The zero-order valence-corrected chi connectivity index (χ0v) is 18.8. The highest BCUT2D eigenvalue weighted by Crippen LogP contribution is 2.49. The Morgan fingerprint density at radius 2 is 2.00 bits per heavy atom. The van der Waals surface area contributed by atoms with Crippen LogP contribution in [0.2, 0.25) is 15.1 Å². The highest BCUT2D eigenvalue weighted by atomic mass is 35.5. The number of rotatable bonds is 8. The van der Waals surface area contributed by atoms with Gasteiger partial charge >= 0.3 is 0 Å². The number of nitrogens with one attached hydrogen (secondary N) is 1. The second-order valence-corrected chi connectivity index (χ2v) is 10.3.